The Morgan fingerprint density at radius 1 is 1.19 bits per heavy atom. The predicted octanol–water partition coefficient (Wildman–Crippen LogP) is 1.76. The van der Waals surface area contributed by atoms with Crippen LogP contribution >= 0.6 is 0 Å². The van der Waals surface area contributed by atoms with Gasteiger partial charge in [-0.15, -0.1) is 0 Å². The zero-order valence-corrected chi connectivity index (χ0v) is 14.5. The van der Waals surface area contributed by atoms with Crippen LogP contribution in [0, 0.1) is 11.8 Å². The van der Waals surface area contributed by atoms with E-state index in [1.54, 1.807) is 4.90 Å². The highest BCUT2D eigenvalue weighted by Gasteiger charge is 2.40. The van der Waals surface area contributed by atoms with Crippen molar-refractivity contribution < 1.29 is 22.3 Å². The first kappa shape index (κ1) is 17.3. The van der Waals surface area contributed by atoms with Gasteiger partial charge in [-0.25, -0.2) is 17.8 Å². The zero-order chi connectivity index (χ0) is 18.5. The fourth-order valence-corrected chi connectivity index (χ4v) is 5.25. The van der Waals surface area contributed by atoms with E-state index in [1.807, 2.05) is 0 Å². The topological polar surface area (TPSA) is 82.5 Å². The molecule has 2 aliphatic heterocycles. The van der Waals surface area contributed by atoms with Gasteiger partial charge in [0.05, 0.1) is 34.6 Å². The predicted molar refractivity (Wildman–Crippen MR) is 90.1 cm³/mol. The van der Waals surface area contributed by atoms with Crippen LogP contribution in [0.1, 0.15) is 12.8 Å². The van der Waals surface area contributed by atoms with E-state index in [0.717, 1.165) is 31.3 Å². The molecule has 2 atom stereocenters. The van der Waals surface area contributed by atoms with Crippen LogP contribution in [0.3, 0.4) is 0 Å². The lowest BCUT2D eigenvalue weighted by molar-refractivity contribution is 0.147. The van der Waals surface area contributed by atoms with E-state index in [1.165, 1.54) is 12.1 Å². The Balaban J connectivity index is 1.98. The molecule has 0 saturated carbocycles. The molecule has 6 nitrogen and oxygen atoms in total. The van der Waals surface area contributed by atoms with Crippen molar-refractivity contribution in [1.82, 2.24) is 10.3 Å². The van der Waals surface area contributed by atoms with Gasteiger partial charge in [-0.2, -0.15) is 4.39 Å². The second-order valence-electron chi connectivity index (χ2n) is 6.44. The fourth-order valence-electron chi connectivity index (χ4n) is 3.63. The molecule has 0 spiro atoms. The number of halogens is 2. The normalized spacial score (nSPS) is 24.5. The maximum atomic E-state index is 13.8. The van der Waals surface area contributed by atoms with Crippen molar-refractivity contribution in [1.29, 1.82) is 0 Å². The molecule has 1 fully saturated rings. The number of fused-ring (bicyclic) bond motifs is 2. The standard InChI is InChI=1S/C17H17F2N3O3S/c18-10-3-4-12-15(6-10)26(24,25)16-7-17(19)21-8-13(16)22(12)11-2-1-5-20-9-14(11)23/h3-4,6-8,11,14,20,23H,1-2,5,9H2/t11-,14-/m0/s1. The number of sulfone groups is 1. The quantitative estimate of drug-likeness (QED) is 0.733. The summed E-state index contributed by atoms with van der Waals surface area (Å²) < 4.78 is 53.3. The van der Waals surface area contributed by atoms with Crippen molar-refractivity contribution in [3.8, 4) is 0 Å². The molecular formula is C17H17F2N3O3S. The molecule has 0 unspecified atom stereocenters. The lowest BCUT2D eigenvalue weighted by atomic mass is 10.0. The van der Waals surface area contributed by atoms with E-state index in [9.17, 15) is 22.3 Å². The van der Waals surface area contributed by atoms with Gasteiger partial charge < -0.3 is 15.3 Å². The molecule has 26 heavy (non-hydrogen) atoms. The second-order valence-corrected chi connectivity index (χ2v) is 8.33. The average molecular weight is 381 g/mol. The van der Waals surface area contributed by atoms with Gasteiger partial charge in [-0.05, 0) is 37.6 Å². The van der Waals surface area contributed by atoms with Crippen LogP contribution < -0.4 is 10.2 Å². The summed E-state index contributed by atoms with van der Waals surface area (Å²) in [7, 11) is -4.10. The number of aromatic nitrogens is 1. The first-order valence-corrected chi connectivity index (χ1v) is 9.76. The molecule has 2 N–H and O–H groups in total. The van der Waals surface area contributed by atoms with Gasteiger partial charge >= 0.3 is 0 Å². The Morgan fingerprint density at radius 3 is 2.77 bits per heavy atom. The summed E-state index contributed by atoms with van der Waals surface area (Å²) in [6, 6.07) is 3.87. The molecule has 2 aromatic rings. The Hall–Kier alpha value is -2.10. The van der Waals surface area contributed by atoms with Crippen molar-refractivity contribution >= 4 is 21.2 Å². The average Bonchev–Trinajstić information content (AvgIpc) is 2.81. The van der Waals surface area contributed by atoms with E-state index in [0.29, 0.717) is 13.0 Å². The number of benzene rings is 1. The van der Waals surface area contributed by atoms with E-state index >= 15 is 0 Å². The fraction of sp³-hybridized carbons (Fsp3) is 0.353. The summed E-state index contributed by atoms with van der Waals surface area (Å²) in [6.45, 7) is 1.07. The van der Waals surface area contributed by atoms with Gasteiger partial charge in [0, 0.05) is 12.6 Å². The highest BCUT2D eigenvalue weighted by atomic mass is 32.2. The minimum absolute atomic E-state index is 0.191. The van der Waals surface area contributed by atoms with E-state index in [4.69, 9.17) is 0 Å². The third kappa shape index (κ3) is 2.67. The number of hydrogen-bond acceptors (Lipinski definition) is 6. The summed E-state index contributed by atoms with van der Waals surface area (Å²) in [6.07, 6.45) is 1.72. The van der Waals surface area contributed by atoms with Crippen molar-refractivity contribution in [2.45, 2.75) is 34.8 Å². The number of rotatable bonds is 1. The van der Waals surface area contributed by atoms with Crippen LogP contribution in [0.2, 0.25) is 0 Å². The molecule has 1 aromatic carbocycles. The molecule has 2 aliphatic rings. The number of β-amino-alcohol motifs (C(OH)–C–C–N with tert-alkyl or cyclic N) is 1. The summed E-state index contributed by atoms with van der Waals surface area (Å²) in [5.41, 5.74) is 0.453. The van der Waals surface area contributed by atoms with E-state index in [2.05, 4.69) is 10.3 Å². The summed E-state index contributed by atoms with van der Waals surface area (Å²) in [5.74, 6) is -1.64. The molecule has 1 aromatic heterocycles. The minimum atomic E-state index is -4.10. The van der Waals surface area contributed by atoms with Gasteiger partial charge in [0.15, 0.2) is 0 Å². The largest absolute Gasteiger partial charge is 0.390 e. The molecule has 0 bridgehead atoms. The number of nitrogens with zero attached hydrogens (tertiary/aromatic N) is 2. The maximum Gasteiger partial charge on any atom is 0.214 e. The Morgan fingerprint density at radius 2 is 1.96 bits per heavy atom. The molecule has 1 saturated heterocycles. The van der Waals surface area contributed by atoms with Crippen molar-refractivity contribution in [3.05, 3.63) is 42.2 Å². The van der Waals surface area contributed by atoms with E-state index < -0.39 is 33.7 Å². The van der Waals surface area contributed by atoms with Crippen LogP contribution in [-0.4, -0.2) is 43.7 Å². The summed E-state index contributed by atoms with van der Waals surface area (Å²) in [4.78, 5) is 4.74. The number of aliphatic hydroxyl groups is 1. The number of nitrogens with one attached hydrogen (secondary N) is 1. The lowest BCUT2D eigenvalue weighted by Crippen LogP contribution is -2.45. The van der Waals surface area contributed by atoms with Gasteiger partial charge in [-0.3, -0.25) is 0 Å². The van der Waals surface area contributed by atoms with Crippen LogP contribution in [0.4, 0.5) is 20.2 Å². The molecule has 138 valence electrons. The molecule has 0 amide bonds. The highest BCUT2D eigenvalue weighted by Crippen LogP contribution is 2.46. The Kier molecular flexibility index (Phi) is 4.17. The van der Waals surface area contributed by atoms with Crippen LogP contribution in [0.5, 0.6) is 0 Å². The Bertz CT molecular complexity index is 908. The molecule has 4 rings (SSSR count). The van der Waals surface area contributed by atoms with Gasteiger partial charge in [-0.1, -0.05) is 0 Å². The monoisotopic (exact) mass is 381 g/mol. The van der Waals surface area contributed by atoms with Gasteiger partial charge in [0.1, 0.15) is 10.7 Å². The van der Waals surface area contributed by atoms with Gasteiger partial charge in [0.2, 0.25) is 15.8 Å². The molecule has 9 heteroatoms. The number of aliphatic hydroxyl groups excluding tert-OH is 1. The van der Waals surface area contributed by atoms with Crippen molar-refractivity contribution in [2.75, 3.05) is 18.0 Å². The summed E-state index contributed by atoms with van der Waals surface area (Å²) >= 11 is 0. The van der Waals surface area contributed by atoms with E-state index in [-0.39, 0.29) is 21.2 Å². The lowest BCUT2D eigenvalue weighted by Gasteiger charge is -2.39. The van der Waals surface area contributed by atoms with Crippen LogP contribution in [0.15, 0.2) is 40.3 Å². The Labute approximate surface area is 149 Å². The molecule has 0 radical (unpaired) electrons. The van der Waals surface area contributed by atoms with Gasteiger partial charge in [0.25, 0.3) is 0 Å². The van der Waals surface area contributed by atoms with Crippen LogP contribution in [0.25, 0.3) is 0 Å². The SMILES string of the molecule is O=S1(=O)c2cc(F)ccc2N([C@H]2CCCNC[C@@H]2O)c2cnc(F)cc21. The summed E-state index contributed by atoms with van der Waals surface area (Å²) in [5, 5.41) is 13.7. The minimum Gasteiger partial charge on any atom is -0.390 e. The third-order valence-electron chi connectivity index (χ3n) is 4.82. The van der Waals surface area contributed by atoms with Crippen molar-refractivity contribution in [3.63, 3.8) is 0 Å². The highest BCUT2D eigenvalue weighted by molar-refractivity contribution is 7.92. The zero-order valence-electron chi connectivity index (χ0n) is 13.7. The smallest absolute Gasteiger partial charge is 0.214 e. The molecule has 0 aliphatic carbocycles. The first-order valence-electron chi connectivity index (χ1n) is 8.28. The van der Waals surface area contributed by atoms with Crippen molar-refractivity contribution in [2.24, 2.45) is 0 Å². The second kappa shape index (κ2) is 6.26. The van der Waals surface area contributed by atoms with Crippen LogP contribution in [-0.2, 0) is 9.84 Å². The number of anilines is 2. The number of hydrogen-bond donors (Lipinski definition) is 2. The molecular weight excluding hydrogens is 364 g/mol. The molecule has 3 heterocycles. The number of pyridine rings is 1. The first-order chi connectivity index (χ1) is 12.4. The maximum absolute atomic E-state index is 13.8. The third-order valence-corrected chi connectivity index (χ3v) is 6.63.